The van der Waals surface area contributed by atoms with Gasteiger partial charge in [0.2, 0.25) is 5.91 Å². The van der Waals surface area contributed by atoms with Crippen LogP contribution in [0.4, 0.5) is 0 Å². The van der Waals surface area contributed by atoms with Gasteiger partial charge in [0.15, 0.2) is 0 Å². The molecule has 1 rings (SSSR count). The molecular formula is C37H73NO3. The van der Waals surface area contributed by atoms with Crippen molar-refractivity contribution in [2.45, 2.75) is 219 Å². The normalized spacial score (nSPS) is 18.8. The molecule has 0 saturated heterocycles. The second-order valence-corrected chi connectivity index (χ2v) is 13.6. The zero-order valence-electron chi connectivity index (χ0n) is 28.0. The number of rotatable bonds is 31. The molecule has 4 nitrogen and oxygen atoms in total. The minimum absolute atomic E-state index is 0.257. The molecule has 0 heterocycles. The van der Waals surface area contributed by atoms with Crippen LogP contribution in [0.1, 0.15) is 201 Å². The number of nitrogens with one attached hydrogen (secondary N) is 1. The summed E-state index contributed by atoms with van der Waals surface area (Å²) in [5.41, 5.74) is 0. The minimum Gasteiger partial charge on any atom is -0.391 e. The minimum atomic E-state index is -0.952. The summed E-state index contributed by atoms with van der Waals surface area (Å²) in [6.07, 6.45) is 33.3. The maximum Gasteiger partial charge on any atom is 0.249 e. The lowest BCUT2D eigenvalue weighted by atomic mass is 9.99. The van der Waals surface area contributed by atoms with Gasteiger partial charge in [-0.25, -0.2) is 0 Å². The van der Waals surface area contributed by atoms with Crippen molar-refractivity contribution in [2.24, 2.45) is 11.8 Å². The van der Waals surface area contributed by atoms with E-state index >= 15 is 0 Å². The van der Waals surface area contributed by atoms with Crippen LogP contribution in [0.5, 0.6) is 0 Å². The van der Waals surface area contributed by atoms with E-state index < -0.39 is 12.2 Å². The zero-order chi connectivity index (χ0) is 30.0. The summed E-state index contributed by atoms with van der Waals surface area (Å²) in [7, 11) is 0. The van der Waals surface area contributed by atoms with Crippen molar-refractivity contribution >= 4 is 5.91 Å². The van der Waals surface area contributed by atoms with Crippen molar-refractivity contribution in [3.05, 3.63) is 0 Å². The molecule has 0 bridgehead atoms. The molecule has 0 aromatic carbocycles. The summed E-state index contributed by atoms with van der Waals surface area (Å²) in [4.78, 5) is 12.5. The molecule has 1 fully saturated rings. The molecule has 1 aliphatic carbocycles. The van der Waals surface area contributed by atoms with Gasteiger partial charge in [-0.2, -0.15) is 0 Å². The summed E-state index contributed by atoms with van der Waals surface area (Å²) in [5.74, 6) is 1.81. The maximum atomic E-state index is 12.5. The van der Waals surface area contributed by atoms with E-state index in [9.17, 15) is 15.0 Å². The fourth-order valence-electron chi connectivity index (χ4n) is 6.58. The lowest BCUT2D eigenvalue weighted by molar-refractivity contribution is -0.131. The Morgan fingerprint density at radius 1 is 0.585 bits per heavy atom. The van der Waals surface area contributed by atoms with Crippen molar-refractivity contribution in [1.82, 2.24) is 5.32 Å². The Kier molecular flexibility index (Phi) is 25.3. The van der Waals surface area contributed by atoms with Gasteiger partial charge in [0.25, 0.3) is 0 Å². The van der Waals surface area contributed by atoms with E-state index in [4.69, 9.17) is 0 Å². The maximum absolute atomic E-state index is 12.5. The molecule has 0 radical (unpaired) electrons. The topological polar surface area (TPSA) is 69.6 Å². The highest BCUT2D eigenvalue weighted by molar-refractivity contribution is 5.80. The fourth-order valence-corrected chi connectivity index (χ4v) is 6.58. The number of aliphatic hydroxyl groups excluding tert-OH is 2. The van der Waals surface area contributed by atoms with Gasteiger partial charge in [-0.3, -0.25) is 4.79 Å². The van der Waals surface area contributed by atoms with Crippen LogP contribution in [0.2, 0.25) is 0 Å². The molecule has 0 aromatic rings. The van der Waals surface area contributed by atoms with Crippen molar-refractivity contribution in [1.29, 1.82) is 0 Å². The van der Waals surface area contributed by atoms with Gasteiger partial charge >= 0.3 is 0 Å². The molecule has 0 aliphatic heterocycles. The first-order chi connectivity index (χ1) is 20.0. The van der Waals surface area contributed by atoms with Gasteiger partial charge in [0.05, 0.1) is 12.1 Å². The number of carbonyl (C=O) groups is 1. The molecule has 1 amide bonds. The Morgan fingerprint density at radius 2 is 0.976 bits per heavy atom. The molecule has 1 aliphatic rings. The highest BCUT2D eigenvalue weighted by Crippen LogP contribution is 2.45. The molecule has 0 aromatic heterocycles. The van der Waals surface area contributed by atoms with Crippen LogP contribution in [0.15, 0.2) is 0 Å². The van der Waals surface area contributed by atoms with Crippen molar-refractivity contribution < 1.29 is 15.0 Å². The highest BCUT2D eigenvalue weighted by Gasteiger charge is 2.35. The first-order valence-electron chi connectivity index (χ1n) is 18.7. The Labute approximate surface area is 256 Å². The second-order valence-electron chi connectivity index (χ2n) is 13.6. The molecule has 0 spiro atoms. The van der Waals surface area contributed by atoms with Gasteiger partial charge in [-0.05, 0) is 37.5 Å². The predicted molar refractivity (Wildman–Crippen MR) is 177 cm³/mol. The average Bonchev–Trinajstić information content (AvgIpc) is 3.73. The lowest BCUT2D eigenvalue weighted by Gasteiger charge is -2.24. The summed E-state index contributed by atoms with van der Waals surface area (Å²) in [6.45, 7) is 6.55. The molecule has 1 saturated carbocycles. The highest BCUT2D eigenvalue weighted by atomic mass is 16.3. The molecule has 5 unspecified atom stereocenters. The van der Waals surface area contributed by atoms with Gasteiger partial charge in [0.1, 0.15) is 6.10 Å². The molecule has 3 N–H and O–H groups in total. The third-order valence-electron chi connectivity index (χ3n) is 9.69. The number of aliphatic hydroxyl groups is 2. The van der Waals surface area contributed by atoms with Crippen LogP contribution in [0.3, 0.4) is 0 Å². The Bertz CT molecular complexity index is 583. The largest absolute Gasteiger partial charge is 0.391 e. The summed E-state index contributed by atoms with van der Waals surface area (Å²) >= 11 is 0. The van der Waals surface area contributed by atoms with Crippen molar-refractivity contribution in [2.75, 3.05) is 0 Å². The van der Waals surface area contributed by atoms with Crippen molar-refractivity contribution in [3.63, 3.8) is 0 Å². The third-order valence-corrected chi connectivity index (χ3v) is 9.69. The van der Waals surface area contributed by atoms with E-state index in [-0.39, 0.29) is 11.9 Å². The summed E-state index contributed by atoms with van der Waals surface area (Å²) < 4.78 is 0. The number of unbranched alkanes of at least 4 members (excludes halogenated alkanes) is 19. The second kappa shape index (κ2) is 27.0. The summed E-state index contributed by atoms with van der Waals surface area (Å²) in [6, 6.07) is -0.257. The number of hydrogen-bond donors (Lipinski definition) is 3. The van der Waals surface area contributed by atoms with E-state index in [0.29, 0.717) is 12.8 Å². The van der Waals surface area contributed by atoms with Gasteiger partial charge < -0.3 is 15.5 Å². The van der Waals surface area contributed by atoms with Gasteiger partial charge in [0, 0.05) is 0 Å². The van der Waals surface area contributed by atoms with E-state index in [2.05, 4.69) is 19.2 Å². The van der Waals surface area contributed by atoms with Crippen LogP contribution < -0.4 is 5.32 Å². The number of carbonyl (C=O) groups excluding carboxylic acids is 1. The Balaban J connectivity index is 1.95. The van der Waals surface area contributed by atoms with Crippen LogP contribution >= 0.6 is 0 Å². The Morgan fingerprint density at radius 3 is 1.44 bits per heavy atom. The van der Waals surface area contributed by atoms with Crippen LogP contribution in [0.25, 0.3) is 0 Å². The first kappa shape index (κ1) is 38.4. The van der Waals surface area contributed by atoms with E-state index in [1.807, 2.05) is 6.92 Å². The fraction of sp³-hybridized carbons (Fsp3) is 0.973. The van der Waals surface area contributed by atoms with Crippen LogP contribution in [0, 0.1) is 11.8 Å². The van der Waals surface area contributed by atoms with Crippen molar-refractivity contribution in [3.8, 4) is 0 Å². The average molecular weight is 580 g/mol. The SMILES string of the molecule is CCCCCCCCCCCCCC(O)C(=O)NC(CC)C(O)CCCCCCCCCC1CC1CCCCCC. The number of amides is 1. The zero-order valence-corrected chi connectivity index (χ0v) is 28.0. The summed E-state index contributed by atoms with van der Waals surface area (Å²) in [5, 5.41) is 23.9. The quantitative estimate of drug-likeness (QED) is 0.0715. The molecule has 244 valence electrons. The molecule has 5 atom stereocenters. The van der Waals surface area contributed by atoms with Crippen LogP contribution in [-0.2, 0) is 4.79 Å². The van der Waals surface area contributed by atoms with Crippen LogP contribution in [-0.4, -0.2) is 34.4 Å². The number of hydrogen-bond acceptors (Lipinski definition) is 3. The first-order valence-corrected chi connectivity index (χ1v) is 18.7. The molecule has 4 heteroatoms. The van der Waals surface area contributed by atoms with E-state index in [1.165, 1.54) is 135 Å². The lowest BCUT2D eigenvalue weighted by Crippen LogP contribution is -2.47. The smallest absolute Gasteiger partial charge is 0.249 e. The van der Waals surface area contributed by atoms with Gasteiger partial charge in [-0.1, -0.05) is 175 Å². The van der Waals surface area contributed by atoms with E-state index in [0.717, 1.165) is 43.9 Å². The molecule has 41 heavy (non-hydrogen) atoms. The Hall–Kier alpha value is -0.610. The van der Waals surface area contributed by atoms with Gasteiger partial charge in [-0.15, -0.1) is 0 Å². The predicted octanol–water partition coefficient (Wildman–Crippen LogP) is 10.4. The molecular weight excluding hydrogens is 506 g/mol. The monoisotopic (exact) mass is 580 g/mol. The van der Waals surface area contributed by atoms with E-state index in [1.54, 1.807) is 0 Å². The third kappa shape index (κ3) is 21.7. The standard InChI is InChI=1S/C37H73NO3/c1-4-7-9-11-12-13-14-15-18-22-26-30-36(40)37(41)38-34(6-3)35(39)29-25-21-19-16-17-20-24-28-33-31-32(33)27-23-10-8-5-2/h32-36,39-40H,4-31H2,1-3H3,(H,38,41).